The number of carbonyl (C=O) groups is 2. The summed E-state index contributed by atoms with van der Waals surface area (Å²) in [5.41, 5.74) is 5.19. The fraction of sp³-hybridized carbons (Fsp3) is 0.300. The summed E-state index contributed by atoms with van der Waals surface area (Å²) in [6.45, 7) is 7.45. The van der Waals surface area contributed by atoms with Gasteiger partial charge in [0.2, 0.25) is 0 Å². The van der Waals surface area contributed by atoms with E-state index in [0.717, 1.165) is 28.3 Å². The molecule has 0 aliphatic carbocycles. The Balaban J connectivity index is 1.95. The van der Waals surface area contributed by atoms with Crippen LogP contribution in [-0.2, 0) is 14.3 Å². The number of nitrogens with one attached hydrogen (secondary N) is 2. The van der Waals surface area contributed by atoms with Crippen LogP contribution in [0.5, 0.6) is 11.5 Å². The van der Waals surface area contributed by atoms with E-state index in [1.54, 1.807) is 35.0 Å². The van der Waals surface area contributed by atoms with Gasteiger partial charge in [-0.2, -0.15) is 0 Å². The largest absolute Gasteiger partial charge is 0.497 e. The summed E-state index contributed by atoms with van der Waals surface area (Å²) in [5.74, 6) is 0.225. The van der Waals surface area contributed by atoms with Gasteiger partial charge in [0.15, 0.2) is 0 Å². The number of aromatic nitrogens is 3. The topological polar surface area (TPSA) is 116 Å². The lowest BCUT2D eigenvalue weighted by molar-refractivity contribution is -0.144. The van der Waals surface area contributed by atoms with E-state index in [1.165, 1.54) is 0 Å². The molecule has 2 aromatic heterocycles. The smallest absolute Gasteiger partial charge is 0.355 e. The highest BCUT2D eigenvalue weighted by Crippen LogP contribution is 2.39. The second-order valence-corrected chi connectivity index (χ2v) is 8.87. The molecule has 2 heterocycles. The maximum absolute atomic E-state index is 12.9. The number of methoxy groups -OCH3 is 2. The summed E-state index contributed by atoms with van der Waals surface area (Å²) in [7, 11) is 3.24. The lowest BCUT2D eigenvalue weighted by Crippen LogP contribution is -2.17. The van der Waals surface area contributed by atoms with E-state index in [-0.39, 0.29) is 18.9 Å². The normalized spacial score (nSPS) is 11.6. The molecule has 0 radical (unpaired) electrons. The number of rotatable bonds is 10. The number of imidazole rings is 1. The minimum absolute atomic E-state index is 0.198. The van der Waals surface area contributed by atoms with E-state index in [4.69, 9.17) is 23.9 Å². The Morgan fingerprint density at radius 2 is 1.41 bits per heavy atom. The highest BCUT2D eigenvalue weighted by Gasteiger charge is 2.32. The van der Waals surface area contributed by atoms with Crippen molar-refractivity contribution in [2.75, 3.05) is 27.4 Å². The molecule has 39 heavy (non-hydrogen) atoms. The van der Waals surface area contributed by atoms with Gasteiger partial charge < -0.3 is 28.9 Å². The molecule has 0 amide bonds. The van der Waals surface area contributed by atoms with Crippen molar-refractivity contribution in [2.45, 2.75) is 33.6 Å². The molecule has 0 aliphatic rings. The Labute approximate surface area is 227 Å². The fourth-order valence-electron chi connectivity index (χ4n) is 4.55. The van der Waals surface area contributed by atoms with Gasteiger partial charge in [0.1, 0.15) is 23.0 Å². The van der Waals surface area contributed by atoms with Crippen molar-refractivity contribution in [3.8, 4) is 45.4 Å². The minimum Gasteiger partial charge on any atom is -0.497 e. The molecule has 9 nitrogen and oxygen atoms in total. The van der Waals surface area contributed by atoms with Crippen molar-refractivity contribution in [1.29, 1.82) is 0 Å². The SMILES string of the molecule is CCOC(=O)c1[nH]c(C)c(-c2nc(-c3ccc(OC)cc3)c(-c3ccc(OC)cc3)[nH]2)c1C(C)C(=O)OCC. The third-order valence-corrected chi connectivity index (χ3v) is 6.46. The van der Waals surface area contributed by atoms with Crippen LogP contribution in [0.15, 0.2) is 48.5 Å². The van der Waals surface area contributed by atoms with E-state index in [2.05, 4.69) is 9.97 Å². The van der Waals surface area contributed by atoms with Crippen LogP contribution in [0.3, 0.4) is 0 Å². The summed E-state index contributed by atoms with van der Waals surface area (Å²) in [5, 5.41) is 0. The van der Waals surface area contributed by atoms with Crippen LogP contribution < -0.4 is 9.47 Å². The average molecular weight is 532 g/mol. The summed E-state index contributed by atoms with van der Waals surface area (Å²) in [4.78, 5) is 37.4. The van der Waals surface area contributed by atoms with E-state index in [0.29, 0.717) is 28.3 Å². The van der Waals surface area contributed by atoms with Gasteiger partial charge in [-0.1, -0.05) is 0 Å². The maximum Gasteiger partial charge on any atom is 0.355 e. The number of aromatic amines is 2. The molecule has 0 bridgehead atoms. The van der Waals surface area contributed by atoms with Gasteiger partial charge in [0.05, 0.1) is 44.7 Å². The molecule has 9 heteroatoms. The number of aryl methyl sites for hydroxylation is 1. The molecular weight excluding hydrogens is 498 g/mol. The van der Waals surface area contributed by atoms with Gasteiger partial charge in [-0.05, 0) is 76.2 Å². The number of H-pyrrole nitrogens is 2. The van der Waals surface area contributed by atoms with E-state index >= 15 is 0 Å². The molecular formula is C30H33N3O6. The summed E-state index contributed by atoms with van der Waals surface area (Å²) in [6.07, 6.45) is 0. The van der Waals surface area contributed by atoms with Crippen LogP contribution in [0.1, 0.15) is 48.4 Å². The number of esters is 2. The molecule has 4 rings (SSSR count). The number of hydrogen-bond donors (Lipinski definition) is 2. The first-order valence-corrected chi connectivity index (χ1v) is 12.8. The number of carbonyl (C=O) groups excluding carboxylic acids is 2. The molecule has 1 unspecified atom stereocenters. The number of hydrogen-bond acceptors (Lipinski definition) is 7. The Bertz CT molecular complexity index is 1390. The first-order valence-electron chi connectivity index (χ1n) is 12.8. The minimum atomic E-state index is -0.747. The van der Waals surface area contributed by atoms with Crippen LogP contribution in [0.4, 0.5) is 0 Å². The predicted molar refractivity (Wildman–Crippen MR) is 148 cm³/mol. The zero-order valence-corrected chi connectivity index (χ0v) is 23.0. The number of ether oxygens (including phenoxy) is 4. The van der Waals surface area contributed by atoms with Crippen molar-refractivity contribution < 1.29 is 28.5 Å². The average Bonchev–Trinajstić information content (AvgIpc) is 3.54. The molecule has 0 fully saturated rings. The predicted octanol–water partition coefficient (Wildman–Crippen LogP) is 5.91. The molecule has 0 saturated carbocycles. The lowest BCUT2D eigenvalue weighted by atomic mass is 9.95. The number of nitrogens with zero attached hydrogens (tertiary/aromatic N) is 1. The van der Waals surface area contributed by atoms with Crippen LogP contribution in [-0.4, -0.2) is 54.3 Å². The second kappa shape index (κ2) is 11.9. The van der Waals surface area contributed by atoms with E-state index in [1.807, 2.05) is 55.5 Å². The van der Waals surface area contributed by atoms with Gasteiger partial charge in [-0.15, -0.1) is 0 Å². The second-order valence-electron chi connectivity index (χ2n) is 8.87. The monoisotopic (exact) mass is 531 g/mol. The molecule has 0 saturated heterocycles. The summed E-state index contributed by atoms with van der Waals surface area (Å²) >= 11 is 0. The first-order chi connectivity index (χ1) is 18.8. The Morgan fingerprint density at radius 3 is 1.95 bits per heavy atom. The van der Waals surface area contributed by atoms with E-state index in [9.17, 15) is 9.59 Å². The standard InChI is InChI=1S/C30H33N3O6/c1-7-38-29(34)17(3)23-24(18(4)31-27(23)30(35)39-8-2)28-32-25(19-9-13-21(36-5)14-10-19)26(33-28)20-11-15-22(37-6)16-12-20/h9-17,31H,7-8H2,1-6H3,(H,32,33). The molecule has 204 valence electrons. The highest BCUT2D eigenvalue weighted by atomic mass is 16.5. The van der Waals surface area contributed by atoms with Crippen LogP contribution >= 0.6 is 0 Å². The molecule has 0 spiro atoms. The molecule has 0 aliphatic heterocycles. The summed E-state index contributed by atoms with van der Waals surface area (Å²) in [6, 6.07) is 15.2. The van der Waals surface area contributed by atoms with Crippen molar-refractivity contribution in [1.82, 2.24) is 15.0 Å². The zero-order valence-electron chi connectivity index (χ0n) is 23.0. The van der Waals surface area contributed by atoms with Crippen molar-refractivity contribution in [3.63, 3.8) is 0 Å². The van der Waals surface area contributed by atoms with Gasteiger partial charge in [-0.3, -0.25) is 4.79 Å². The van der Waals surface area contributed by atoms with Gasteiger partial charge in [-0.25, -0.2) is 9.78 Å². The molecule has 4 aromatic rings. The van der Waals surface area contributed by atoms with Crippen LogP contribution in [0, 0.1) is 6.92 Å². The number of benzene rings is 2. The summed E-state index contributed by atoms with van der Waals surface area (Å²) < 4.78 is 21.3. The Kier molecular flexibility index (Phi) is 8.39. The van der Waals surface area contributed by atoms with Crippen molar-refractivity contribution >= 4 is 11.9 Å². The highest BCUT2D eigenvalue weighted by molar-refractivity contribution is 5.96. The van der Waals surface area contributed by atoms with Gasteiger partial charge in [0.25, 0.3) is 0 Å². The Hall–Kier alpha value is -4.53. The quantitative estimate of drug-likeness (QED) is 0.245. The fourth-order valence-corrected chi connectivity index (χ4v) is 4.55. The Morgan fingerprint density at radius 1 is 0.846 bits per heavy atom. The van der Waals surface area contributed by atoms with Crippen molar-refractivity contribution in [2.24, 2.45) is 0 Å². The third kappa shape index (κ3) is 5.52. The molecule has 2 aromatic carbocycles. The maximum atomic E-state index is 12.9. The van der Waals surface area contributed by atoms with Crippen LogP contribution in [0.25, 0.3) is 33.9 Å². The lowest BCUT2D eigenvalue weighted by Gasteiger charge is -2.13. The zero-order chi connectivity index (χ0) is 28.1. The van der Waals surface area contributed by atoms with Gasteiger partial charge in [0, 0.05) is 27.9 Å². The molecule has 2 N–H and O–H groups in total. The van der Waals surface area contributed by atoms with E-state index < -0.39 is 17.9 Å². The molecule has 1 atom stereocenters. The van der Waals surface area contributed by atoms with Crippen LogP contribution in [0.2, 0.25) is 0 Å². The third-order valence-electron chi connectivity index (χ3n) is 6.46. The van der Waals surface area contributed by atoms with Crippen molar-refractivity contribution in [3.05, 3.63) is 65.5 Å². The first kappa shape index (κ1) is 27.5. The van der Waals surface area contributed by atoms with Gasteiger partial charge >= 0.3 is 11.9 Å².